The molecule has 0 bridgehead atoms. The van der Waals surface area contributed by atoms with Crippen molar-refractivity contribution in [3.05, 3.63) is 29.3 Å². The van der Waals surface area contributed by atoms with Crippen LogP contribution < -0.4 is 0 Å². The summed E-state index contributed by atoms with van der Waals surface area (Å²) in [5, 5.41) is 8.64. The van der Waals surface area contributed by atoms with Gasteiger partial charge in [-0.05, 0) is 29.5 Å². The van der Waals surface area contributed by atoms with Crippen LogP contribution in [0.5, 0.6) is 0 Å². The fraction of sp³-hybridized carbons (Fsp3) is 0.429. The zero-order valence-corrected chi connectivity index (χ0v) is 11.3. The number of rotatable bonds is 3. The average molecular weight is 264 g/mol. The van der Waals surface area contributed by atoms with Crippen LogP contribution in [-0.4, -0.2) is 22.6 Å². The molecule has 0 aromatic heterocycles. The number of Topliss-reactive ketones (excluding diaryl/α,β-unsaturated/α-hetero) is 1. The number of hydrogen-bond donors (Lipinski definition) is 1. The Bertz CT molecular complexity index is 506. The number of thioether (sulfide) groups is 1. The Morgan fingerprint density at radius 2 is 2.11 bits per heavy atom. The third kappa shape index (κ3) is 2.93. The Morgan fingerprint density at radius 3 is 2.78 bits per heavy atom. The summed E-state index contributed by atoms with van der Waals surface area (Å²) in [6, 6.07) is 5.52. The maximum absolute atomic E-state index is 11.7. The predicted molar refractivity (Wildman–Crippen MR) is 71.2 cm³/mol. The molecule has 1 aliphatic heterocycles. The summed E-state index contributed by atoms with van der Waals surface area (Å²) in [7, 11) is 0. The van der Waals surface area contributed by atoms with E-state index in [4.69, 9.17) is 5.11 Å². The molecule has 0 saturated heterocycles. The van der Waals surface area contributed by atoms with Crippen molar-refractivity contribution < 1.29 is 14.7 Å². The maximum Gasteiger partial charge on any atom is 0.311 e. The minimum Gasteiger partial charge on any atom is -0.481 e. The second-order valence-corrected chi connectivity index (χ2v) is 6.46. The molecule has 0 saturated carbocycles. The number of carboxylic acid groups (broad SMARTS) is 1. The lowest BCUT2D eigenvalue weighted by molar-refractivity contribution is -0.135. The van der Waals surface area contributed by atoms with Crippen LogP contribution in [0.3, 0.4) is 0 Å². The van der Waals surface area contributed by atoms with Crippen LogP contribution in [-0.2, 0) is 11.2 Å². The summed E-state index contributed by atoms with van der Waals surface area (Å²) in [6.45, 7) is 4.41. The van der Waals surface area contributed by atoms with Gasteiger partial charge in [0.05, 0.1) is 0 Å². The van der Waals surface area contributed by atoms with Crippen LogP contribution in [0.1, 0.15) is 36.2 Å². The van der Waals surface area contributed by atoms with Gasteiger partial charge in [0.15, 0.2) is 5.78 Å². The van der Waals surface area contributed by atoms with Gasteiger partial charge in [0.1, 0.15) is 6.42 Å². The molecule has 1 aromatic rings. The first kappa shape index (κ1) is 13.1. The van der Waals surface area contributed by atoms with Crippen molar-refractivity contribution in [2.24, 2.45) is 5.41 Å². The number of aliphatic carboxylic acids is 1. The van der Waals surface area contributed by atoms with Gasteiger partial charge in [0.25, 0.3) is 0 Å². The van der Waals surface area contributed by atoms with Crippen LogP contribution in [0.2, 0.25) is 0 Å². The Labute approximate surface area is 111 Å². The third-order valence-electron chi connectivity index (χ3n) is 2.98. The number of fused-ring (bicyclic) bond motifs is 1. The fourth-order valence-electron chi connectivity index (χ4n) is 2.11. The first-order valence-electron chi connectivity index (χ1n) is 5.88. The van der Waals surface area contributed by atoms with Crippen LogP contribution in [0.15, 0.2) is 23.1 Å². The van der Waals surface area contributed by atoms with E-state index in [9.17, 15) is 9.59 Å². The monoisotopic (exact) mass is 264 g/mol. The summed E-state index contributed by atoms with van der Waals surface area (Å²) >= 11 is 1.80. The van der Waals surface area contributed by atoms with Crippen molar-refractivity contribution in [1.29, 1.82) is 0 Å². The van der Waals surface area contributed by atoms with Crippen molar-refractivity contribution >= 4 is 23.5 Å². The van der Waals surface area contributed by atoms with E-state index in [1.807, 2.05) is 12.1 Å². The highest BCUT2D eigenvalue weighted by Crippen LogP contribution is 2.39. The highest BCUT2D eigenvalue weighted by molar-refractivity contribution is 7.99. The van der Waals surface area contributed by atoms with Crippen LogP contribution >= 0.6 is 11.8 Å². The number of ketones is 1. The van der Waals surface area contributed by atoms with E-state index in [1.165, 1.54) is 4.90 Å². The lowest BCUT2D eigenvalue weighted by atomic mass is 9.86. The minimum atomic E-state index is -1.08. The van der Waals surface area contributed by atoms with Crippen molar-refractivity contribution in [3.8, 4) is 0 Å². The number of carbonyl (C=O) groups is 2. The van der Waals surface area contributed by atoms with E-state index in [0.717, 1.165) is 17.7 Å². The second-order valence-electron chi connectivity index (χ2n) is 5.45. The molecule has 96 valence electrons. The summed E-state index contributed by atoms with van der Waals surface area (Å²) in [6.07, 6.45) is 0.499. The first-order chi connectivity index (χ1) is 8.37. The topological polar surface area (TPSA) is 54.4 Å². The molecular weight excluding hydrogens is 248 g/mol. The fourth-order valence-corrected chi connectivity index (χ4v) is 3.24. The Morgan fingerprint density at radius 1 is 1.39 bits per heavy atom. The second kappa shape index (κ2) is 4.76. The highest BCUT2D eigenvalue weighted by atomic mass is 32.2. The summed E-state index contributed by atoms with van der Waals surface area (Å²) in [5.74, 6) is -0.325. The molecular formula is C14H16O3S. The molecule has 0 spiro atoms. The van der Waals surface area contributed by atoms with Gasteiger partial charge < -0.3 is 5.11 Å². The lowest BCUT2D eigenvalue weighted by Crippen LogP contribution is -2.22. The number of carboxylic acids is 1. The smallest absolute Gasteiger partial charge is 0.311 e. The number of hydrogen-bond acceptors (Lipinski definition) is 3. The van der Waals surface area contributed by atoms with Gasteiger partial charge in [-0.3, -0.25) is 9.59 Å². The maximum atomic E-state index is 11.7. The average Bonchev–Trinajstić information content (AvgIpc) is 2.25. The number of benzene rings is 1. The Hall–Kier alpha value is -1.29. The van der Waals surface area contributed by atoms with E-state index in [0.29, 0.717) is 5.56 Å². The van der Waals surface area contributed by atoms with E-state index in [1.54, 1.807) is 17.8 Å². The minimum absolute atomic E-state index is 0.228. The molecule has 1 aliphatic rings. The van der Waals surface area contributed by atoms with Crippen LogP contribution in [0.4, 0.5) is 0 Å². The highest BCUT2D eigenvalue weighted by Gasteiger charge is 2.26. The molecule has 1 heterocycles. The zero-order chi connectivity index (χ0) is 13.3. The molecule has 1 N–H and O–H groups in total. The van der Waals surface area contributed by atoms with Gasteiger partial charge >= 0.3 is 5.97 Å². The van der Waals surface area contributed by atoms with Crippen LogP contribution in [0.25, 0.3) is 0 Å². The van der Waals surface area contributed by atoms with E-state index >= 15 is 0 Å². The predicted octanol–water partition coefficient (Wildman–Crippen LogP) is 3.02. The zero-order valence-electron chi connectivity index (χ0n) is 10.5. The molecule has 0 atom stereocenters. The molecule has 0 radical (unpaired) electrons. The quantitative estimate of drug-likeness (QED) is 0.673. The summed E-state index contributed by atoms with van der Waals surface area (Å²) < 4.78 is 0. The molecule has 1 aromatic carbocycles. The Balaban J connectivity index is 2.26. The molecule has 3 nitrogen and oxygen atoms in total. The SMILES string of the molecule is CC1(C)CSc2ccc(C(=O)CC(=O)O)cc2C1. The van der Waals surface area contributed by atoms with Gasteiger partial charge in [0.2, 0.25) is 0 Å². The van der Waals surface area contributed by atoms with Crippen molar-refractivity contribution in [3.63, 3.8) is 0 Å². The molecule has 18 heavy (non-hydrogen) atoms. The third-order valence-corrected chi connectivity index (χ3v) is 4.62. The molecule has 0 aliphatic carbocycles. The van der Waals surface area contributed by atoms with Gasteiger partial charge in [-0.1, -0.05) is 19.9 Å². The van der Waals surface area contributed by atoms with E-state index < -0.39 is 12.4 Å². The van der Waals surface area contributed by atoms with Gasteiger partial charge in [-0.2, -0.15) is 0 Å². The van der Waals surface area contributed by atoms with E-state index in [-0.39, 0.29) is 11.2 Å². The van der Waals surface area contributed by atoms with Gasteiger partial charge in [-0.15, -0.1) is 11.8 Å². The van der Waals surface area contributed by atoms with Gasteiger partial charge in [0, 0.05) is 16.2 Å². The first-order valence-corrected chi connectivity index (χ1v) is 6.87. The van der Waals surface area contributed by atoms with E-state index in [2.05, 4.69) is 13.8 Å². The van der Waals surface area contributed by atoms with Crippen molar-refractivity contribution in [2.75, 3.05) is 5.75 Å². The molecule has 0 fully saturated rings. The molecule has 4 heteroatoms. The molecule has 0 amide bonds. The molecule has 2 rings (SSSR count). The largest absolute Gasteiger partial charge is 0.481 e. The van der Waals surface area contributed by atoms with Crippen LogP contribution in [0, 0.1) is 5.41 Å². The summed E-state index contributed by atoms with van der Waals surface area (Å²) in [5.41, 5.74) is 1.90. The van der Waals surface area contributed by atoms with Crippen molar-refractivity contribution in [1.82, 2.24) is 0 Å². The molecule has 0 unspecified atom stereocenters. The van der Waals surface area contributed by atoms with Crippen molar-refractivity contribution in [2.45, 2.75) is 31.6 Å². The normalized spacial score (nSPS) is 17.0. The lowest BCUT2D eigenvalue weighted by Gasteiger charge is -2.30. The van der Waals surface area contributed by atoms with Gasteiger partial charge in [-0.25, -0.2) is 0 Å². The Kier molecular flexibility index (Phi) is 3.48. The standard InChI is InChI=1S/C14H16O3S/c1-14(2)7-10-5-9(11(15)6-13(16)17)3-4-12(10)18-8-14/h3-5H,6-8H2,1-2H3,(H,16,17). The number of carbonyl (C=O) groups excluding carboxylic acids is 1. The summed E-state index contributed by atoms with van der Waals surface area (Å²) in [4.78, 5) is 23.5.